The van der Waals surface area contributed by atoms with Crippen molar-refractivity contribution in [3.05, 3.63) is 0 Å². The molecule has 0 rings (SSSR count). The van der Waals surface area contributed by atoms with Crippen LogP contribution in [-0.4, -0.2) is 16.5 Å². The van der Waals surface area contributed by atoms with Gasteiger partial charge in [-0.15, -0.1) is 0 Å². The van der Waals surface area contributed by atoms with Crippen molar-refractivity contribution in [2.45, 2.75) is 43.9 Å². The molecule has 0 aromatic carbocycles. The predicted octanol–water partition coefficient (Wildman–Crippen LogP) is 2.71. The van der Waals surface area contributed by atoms with Gasteiger partial charge in [0.05, 0.1) is 0 Å². The van der Waals surface area contributed by atoms with Gasteiger partial charge in [-0.3, -0.25) is 0 Å². The molecular weight excluding hydrogens is 192 g/mol. The van der Waals surface area contributed by atoms with Crippen LogP contribution in [0.1, 0.15) is 39.0 Å². The van der Waals surface area contributed by atoms with Gasteiger partial charge in [-0.05, 0) is 12.8 Å². The van der Waals surface area contributed by atoms with Crippen molar-refractivity contribution in [3.8, 4) is 0 Å². The second-order valence-corrected chi connectivity index (χ2v) is 4.27. The number of rotatable bonds is 6. The normalized spacial score (nSPS) is 13.5. The molecule has 0 aromatic heterocycles. The first-order valence-electron chi connectivity index (χ1n) is 4.02. The van der Waals surface area contributed by atoms with Gasteiger partial charge < -0.3 is 5.11 Å². The van der Waals surface area contributed by atoms with E-state index in [0.717, 1.165) is 6.42 Å². The molecule has 0 heterocycles. The van der Waals surface area contributed by atoms with E-state index < -0.39 is 0 Å². The summed E-state index contributed by atoms with van der Waals surface area (Å²) in [6.07, 6.45) is 5.95. The highest BCUT2D eigenvalue weighted by molar-refractivity contribution is 9.09. The van der Waals surface area contributed by atoms with Crippen LogP contribution in [0.15, 0.2) is 0 Å². The fourth-order valence-corrected chi connectivity index (χ4v) is 1.21. The van der Waals surface area contributed by atoms with Gasteiger partial charge in [-0.25, -0.2) is 0 Å². The maximum atomic E-state index is 8.47. The van der Waals surface area contributed by atoms with Gasteiger partial charge >= 0.3 is 0 Å². The Morgan fingerprint density at radius 1 is 1.20 bits per heavy atom. The van der Waals surface area contributed by atoms with Crippen LogP contribution in [0.5, 0.6) is 0 Å². The first kappa shape index (κ1) is 10.4. The van der Waals surface area contributed by atoms with Gasteiger partial charge in [-0.2, -0.15) is 0 Å². The highest BCUT2D eigenvalue weighted by atomic mass is 79.9. The summed E-state index contributed by atoms with van der Waals surface area (Å²) in [7, 11) is 0. The Morgan fingerprint density at radius 3 is 2.30 bits per heavy atom. The van der Waals surface area contributed by atoms with E-state index in [2.05, 4.69) is 22.9 Å². The molecule has 1 nitrogen and oxygen atoms in total. The molecule has 0 radical (unpaired) electrons. The second-order valence-electron chi connectivity index (χ2n) is 2.71. The Bertz CT molecular complexity index is 64.3. The molecule has 0 bridgehead atoms. The van der Waals surface area contributed by atoms with Gasteiger partial charge in [0.15, 0.2) is 0 Å². The fraction of sp³-hybridized carbons (Fsp3) is 1.00. The van der Waals surface area contributed by atoms with Crippen LogP contribution in [0.3, 0.4) is 0 Å². The first-order chi connectivity index (χ1) is 4.77. The third kappa shape index (κ3) is 8.44. The molecule has 2 heteroatoms. The van der Waals surface area contributed by atoms with Crippen molar-refractivity contribution in [1.29, 1.82) is 0 Å². The molecule has 62 valence electrons. The minimum atomic E-state index is 0.351. The molecule has 0 aliphatic heterocycles. The largest absolute Gasteiger partial charge is 0.396 e. The van der Waals surface area contributed by atoms with Gasteiger partial charge in [0.2, 0.25) is 0 Å². The van der Waals surface area contributed by atoms with Crippen molar-refractivity contribution in [2.24, 2.45) is 0 Å². The lowest BCUT2D eigenvalue weighted by Gasteiger charge is -2.01. The molecule has 0 spiro atoms. The van der Waals surface area contributed by atoms with Gasteiger partial charge in [0.1, 0.15) is 0 Å². The van der Waals surface area contributed by atoms with E-state index in [1.54, 1.807) is 0 Å². The standard InChI is InChI=1S/C8H17BrO/c1-8(9)6-4-2-3-5-7-10/h8,10H,2-7H2,1H3/t8-/m0/s1. The average molecular weight is 209 g/mol. The van der Waals surface area contributed by atoms with Crippen molar-refractivity contribution in [2.75, 3.05) is 6.61 Å². The van der Waals surface area contributed by atoms with Crippen LogP contribution in [0, 0.1) is 0 Å². The Morgan fingerprint density at radius 2 is 1.80 bits per heavy atom. The molecule has 0 aromatic rings. The Labute approximate surface area is 72.0 Å². The van der Waals surface area contributed by atoms with Crippen LogP contribution in [0.2, 0.25) is 0 Å². The summed E-state index contributed by atoms with van der Waals surface area (Å²) >= 11 is 3.49. The van der Waals surface area contributed by atoms with E-state index in [4.69, 9.17) is 5.11 Å². The third-order valence-electron chi connectivity index (χ3n) is 1.51. The van der Waals surface area contributed by atoms with Crippen molar-refractivity contribution in [1.82, 2.24) is 0 Å². The maximum absolute atomic E-state index is 8.47. The van der Waals surface area contributed by atoms with Crippen LogP contribution in [0.25, 0.3) is 0 Å². The zero-order valence-corrected chi connectivity index (χ0v) is 8.23. The van der Waals surface area contributed by atoms with Crippen molar-refractivity contribution in [3.63, 3.8) is 0 Å². The number of hydrogen-bond acceptors (Lipinski definition) is 1. The summed E-state index contributed by atoms with van der Waals surface area (Å²) in [6.45, 7) is 2.52. The summed E-state index contributed by atoms with van der Waals surface area (Å²) in [5.41, 5.74) is 0. The Hall–Kier alpha value is 0.440. The summed E-state index contributed by atoms with van der Waals surface area (Å²) in [4.78, 5) is 0.654. The van der Waals surface area contributed by atoms with Crippen LogP contribution in [0.4, 0.5) is 0 Å². The molecule has 1 atom stereocenters. The summed E-state index contributed by atoms with van der Waals surface area (Å²) in [5.74, 6) is 0. The van der Waals surface area contributed by atoms with Crippen LogP contribution < -0.4 is 0 Å². The van der Waals surface area contributed by atoms with E-state index in [1.165, 1.54) is 25.7 Å². The molecule has 0 aliphatic rings. The predicted molar refractivity (Wildman–Crippen MR) is 48.6 cm³/mol. The number of halogens is 1. The minimum absolute atomic E-state index is 0.351. The molecule has 1 N–H and O–H groups in total. The molecule has 0 aliphatic carbocycles. The zero-order valence-electron chi connectivity index (χ0n) is 6.65. The molecular formula is C8H17BrO. The van der Waals surface area contributed by atoms with E-state index >= 15 is 0 Å². The molecule has 0 saturated heterocycles. The van der Waals surface area contributed by atoms with Crippen molar-refractivity contribution < 1.29 is 5.11 Å². The van der Waals surface area contributed by atoms with Crippen LogP contribution >= 0.6 is 15.9 Å². The molecule has 0 saturated carbocycles. The maximum Gasteiger partial charge on any atom is 0.0431 e. The van der Waals surface area contributed by atoms with Gasteiger partial charge in [0, 0.05) is 11.4 Å². The molecule has 0 fully saturated rings. The van der Waals surface area contributed by atoms with Gasteiger partial charge in [0.25, 0.3) is 0 Å². The number of aliphatic hydroxyl groups excluding tert-OH is 1. The number of hydrogen-bond donors (Lipinski definition) is 1. The summed E-state index contributed by atoms with van der Waals surface area (Å²) in [5, 5.41) is 8.47. The summed E-state index contributed by atoms with van der Waals surface area (Å²) < 4.78 is 0. The lowest BCUT2D eigenvalue weighted by atomic mass is 10.1. The summed E-state index contributed by atoms with van der Waals surface area (Å²) in [6, 6.07) is 0. The third-order valence-corrected chi connectivity index (χ3v) is 1.97. The Kier molecular flexibility index (Phi) is 7.88. The molecule has 0 unspecified atom stereocenters. The second kappa shape index (κ2) is 7.55. The quantitative estimate of drug-likeness (QED) is 0.526. The number of unbranched alkanes of at least 4 members (excludes halogenated alkanes) is 3. The van der Waals surface area contributed by atoms with E-state index in [1.807, 2.05) is 0 Å². The van der Waals surface area contributed by atoms with E-state index in [9.17, 15) is 0 Å². The lowest BCUT2D eigenvalue weighted by molar-refractivity contribution is 0.282. The monoisotopic (exact) mass is 208 g/mol. The number of aliphatic hydroxyl groups is 1. The molecule has 10 heavy (non-hydrogen) atoms. The SMILES string of the molecule is C[C@H](Br)CCCCCCO. The zero-order chi connectivity index (χ0) is 7.82. The fourth-order valence-electron chi connectivity index (χ4n) is 0.891. The topological polar surface area (TPSA) is 20.2 Å². The Balaban J connectivity index is 2.77. The minimum Gasteiger partial charge on any atom is -0.396 e. The first-order valence-corrected chi connectivity index (χ1v) is 4.94. The van der Waals surface area contributed by atoms with Crippen molar-refractivity contribution >= 4 is 15.9 Å². The van der Waals surface area contributed by atoms with E-state index in [0.29, 0.717) is 11.4 Å². The van der Waals surface area contributed by atoms with E-state index in [-0.39, 0.29) is 0 Å². The smallest absolute Gasteiger partial charge is 0.0431 e. The highest BCUT2D eigenvalue weighted by Gasteiger charge is 1.94. The molecule has 0 amide bonds. The average Bonchev–Trinajstić information content (AvgIpc) is 1.87. The lowest BCUT2D eigenvalue weighted by Crippen LogP contribution is -1.90. The highest BCUT2D eigenvalue weighted by Crippen LogP contribution is 2.10. The van der Waals surface area contributed by atoms with Gasteiger partial charge in [-0.1, -0.05) is 42.1 Å². The van der Waals surface area contributed by atoms with Crippen LogP contribution in [-0.2, 0) is 0 Å². The number of alkyl halides is 1.